The minimum Gasteiger partial charge on any atom is -0.384 e. The maximum atomic E-state index is 5.04. The molecular weight excluding hydrogens is 206 g/mol. The van der Waals surface area contributed by atoms with Gasteiger partial charge >= 0.3 is 0 Å². The van der Waals surface area contributed by atoms with E-state index in [4.69, 9.17) is 4.74 Å². The fourth-order valence-electron chi connectivity index (χ4n) is 2.39. The molecule has 0 aromatic carbocycles. The number of hydrogen-bond donors (Lipinski definition) is 1. The van der Waals surface area contributed by atoms with Crippen LogP contribution < -0.4 is 5.32 Å². The molecule has 0 aromatic rings. The van der Waals surface area contributed by atoms with E-state index in [-0.39, 0.29) is 0 Å². The van der Waals surface area contributed by atoms with E-state index in [1.807, 2.05) is 11.8 Å². The molecule has 2 unspecified atom stereocenters. The van der Waals surface area contributed by atoms with Crippen molar-refractivity contribution in [1.82, 2.24) is 5.32 Å². The monoisotopic (exact) mass is 231 g/mol. The molecule has 0 spiro atoms. The molecule has 90 valence electrons. The number of hydrogen-bond acceptors (Lipinski definition) is 3. The molecule has 1 aliphatic carbocycles. The van der Waals surface area contributed by atoms with Gasteiger partial charge in [0.05, 0.1) is 6.61 Å². The molecule has 0 amide bonds. The lowest BCUT2D eigenvalue weighted by Crippen LogP contribution is -2.32. The van der Waals surface area contributed by atoms with E-state index in [9.17, 15) is 0 Å². The number of methoxy groups -OCH3 is 1. The van der Waals surface area contributed by atoms with Crippen molar-refractivity contribution in [2.75, 3.05) is 31.8 Å². The third-order valence-electron chi connectivity index (χ3n) is 3.19. The predicted molar refractivity (Wildman–Crippen MR) is 68.6 cm³/mol. The Bertz CT molecular complexity index is 155. The van der Waals surface area contributed by atoms with Gasteiger partial charge in [0.2, 0.25) is 0 Å². The molecule has 3 heteroatoms. The molecule has 1 aliphatic rings. The van der Waals surface area contributed by atoms with Crippen LogP contribution in [0.15, 0.2) is 0 Å². The van der Waals surface area contributed by atoms with Crippen LogP contribution in [0.25, 0.3) is 0 Å². The maximum absolute atomic E-state index is 5.04. The van der Waals surface area contributed by atoms with Gasteiger partial charge in [-0.2, -0.15) is 11.8 Å². The van der Waals surface area contributed by atoms with Crippen LogP contribution in [-0.2, 0) is 4.74 Å². The summed E-state index contributed by atoms with van der Waals surface area (Å²) in [5, 5.41) is 3.61. The molecule has 0 aliphatic heterocycles. The van der Waals surface area contributed by atoms with Crippen LogP contribution in [0.1, 0.15) is 32.6 Å². The zero-order valence-corrected chi connectivity index (χ0v) is 10.9. The molecule has 0 saturated heterocycles. The zero-order chi connectivity index (χ0) is 10.9. The topological polar surface area (TPSA) is 21.3 Å². The summed E-state index contributed by atoms with van der Waals surface area (Å²) >= 11 is 2.03. The Kier molecular flexibility index (Phi) is 7.49. The third kappa shape index (κ3) is 5.23. The lowest BCUT2D eigenvalue weighted by molar-refractivity contribution is 0.218. The summed E-state index contributed by atoms with van der Waals surface area (Å²) in [4.78, 5) is 0. The summed E-state index contributed by atoms with van der Waals surface area (Å²) in [5.41, 5.74) is 0. The molecule has 0 aromatic heterocycles. The van der Waals surface area contributed by atoms with E-state index in [0.717, 1.165) is 30.9 Å². The average molecular weight is 231 g/mol. The van der Waals surface area contributed by atoms with Crippen molar-refractivity contribution in [3.8, 4) is 0 Å². The van der Waals surface area contributed by atoms with E-state index >= 15 is 0 Å². The van der Waals surface area contributed by atoms with Crippen LogP contribution in [0, 0.1) is 5.92 Å². The van der Waals surface area contributed by atoms with Crippen LogP contribution in [-0.4, -0.2) is 37.8 Å². The Morgan fingerprint density at radius 2 is 2.20 bits per heavy atom. The van der Waals surface area contributed by atoms with E-state index < -0.39 is 0 Å². The van der Waals surface area contributed by atoms with Crippen LogP contribution in [0.2, 0.25) is 0 Å². The number of thioether (sulfide) groups is 1. The molecule has 2 nitrogen and oxygen atoms in total. The smallest absolute Gasteiger partial charge is 0.0552 e. The van der Waals surface area contributed by atoms with E-state index in [1.165, 1.54) is 31.4 Å². The highest BCUT2D eigenvalue weighted by Crippen LogP contribution is 2.29. The summed E-state index contributed by atoms with van der Waals surface area (Å²) in [5.74, 6) is 3.38. The second-order valence-electron chi connectivity index (χ2n) is 4.25. The Morgan fingerprint density at radius 1 is 1.33 bits per heavy atom. The first-order valence-electron chi connectivity index (χ1n) is 6.18. The van der Waals surface area contributed by atoms with Gasteiger partial charge in [-0.25, -0.2) is 0 Å². The highest BCUT2D eigenvalue weighted by Gasteiger charge is 2.25. The van der Waals surface area contributed by atoms with Crippen molar-refractivity contribution >= 4 is 11.8 Å². The maximum Gasteiger partial charge on any atom is 0.0552 e. The number of ether oxygens (including phenoxy) is 1. The standard InChI is InChI=1S/C12H25NOS/c1-3-13-12-6-4-5-11(12)7-9-15-10-8-14-2/h11-13H,3-10H2,1-2H3. The first-order chi connectivity index (χ1) is 7.38. The van der Waals surface area contributed by atoms with Gasteiger partial charge in [0.25, 0.3) is 0 Å². The molecule has 1 saturated carbocycles. The largest absolute Gasteiger partial charge is 0.384 e. The van der Waals surface area contributed by atoms with Gasteiger partial charge in [-0.1, -0.05) is 13.3 Å². The quantitative estimate of drug-likeness (QED) is 0.649. The second-order valence-corrected chi connectivity index (χ2v) is 5.47. The lowest BCUT2D eigenvalue weighted by atomic mass is 10.0. The van der Waals surface area contributed by atoms with Gasteiger partial charge in [-0.3, -0.25) is 0 Å². The Hall–Kier alpha value is 0.270. The summed E-state index contributed by atoms with van der Waals surface area (Å²) in [6.45, 7) is 4.23. The molecule has 0 radical (unpaired) electrons. The van der Waals surface area contributed by atoms with Crippen molar-refractivity contribution in [2.45, 2.75) is 38.6 Å². The molecule has 0 bridgehead atoms. The minimum atomic E-state index is 0.804. The van der Waals surface area contributed by atoms with Crippen LogP contribution in [0.4, 0.5) is 0 Å². The second kappa shape index (κ2) is 8.43. The highest BCUT2D eigenvalue weighted by molar-refractivity contribution is 7.99. The average Bonchev–Trinajstić information content (AvgIpc) is 2.66. The molecule has 1 fully saturated rings. The van der Waals surface area contributed by atoms with E-state index in [2.05, 4.69) is 12.2 Å². The Labute approximate surface area is 98.5 Å². The summed E-state index contributed by atoms with van der Waals surface area (Å²) in [7, 11) is 1.78. The van der Waals surface area contributed by atoms with Gasteiger partial charge < -0.3 is 10.1 Å². The van der Waals surface area contributed by atoms with Gasteiger partial charge in [0.15, 0.2) is 0 Å². The molecule has 2 atom stereocenters. The van der Waals surface area contributed by atoms with Gasteiger partial charge in [-0.15, -0.1) is 0 Å². The Balaban J connectivity index is 2.03. The summed E-state index contributed by atoms with van der Waals surface area (Å²) < 4.78 is 5.04. The van der Waals surface area contributed by atoms with Crippen LogP contribution in [0.5, 0.6) is 0 Å². The minimum absolute atomic E-state index is 0.804. The van der Waals surface area contributed by atoms with E-state index in [0.29, 0.717) is 0 Å². The highest BCUT2D eigenvalue weighted by atomic mass is 32.2. The van der Waals surface area contributed by atoms with Crippen molar-refractivity contribution < 1.29 is 4.74 Å². The first kappa shape index (κ1) is 13.3. The van der Waals surface area contributed by atoms with Gasteiger partial charge in [-0.05, 0) is 37.5 Å². The Morgan fingerprint density at radius 3 is 2.93 bits per heavy atom. The van der Waals surface area contributed by atoms with Crippen LogP contribution >= 0.6 is 11.8 Å². The zero-order valence-electron chi connectivity index (χ0n) is 10.1. The SMILES string of the molecule is CCNC1CCCC1CCSCCOC. The molecule has 15 heavy (non-hydrogen) atoms. The predicted octanol–water partition coefficient (Wildman–Crippen LogP) is 2.53. The summed E-state index contributed by atoms with van der Waals surface area (Å²) in [6, 6.07) is 0.804. The normalized spacial score (nSPS) is 26.0. The summed E-state index contributed by atoms with van der Waals surface area (Å²) in [6.07, 6.45) is 5.63. The van der Waals surface area contributed by atoms with E-state index in [1.54, 1.807) is 7.11 Å². The van der Waals surface area contributed by atoms with Crippen molar-refractivity contribution in [3.63, 3.8) is 0 Å². The van der Waals surface area contributed by atoms with Crippen molar-refractivity contribution in [1.29, 1.82) is 0 Å². The molecule has 0 heterocycles. The first-order valence-corrected chi connectivity index (χ1v) is 7.34. The lowest BCUT2D eigenvalue weighted by Gasteiger charge is -2.19. The fraction of sp³-hybridized carbons (Fsp3) is 1.00. The van der Waals surface area contributed by atoms with Crippen molar-refractivity contribution in [3.05, 3.63) is 0 Å². The molecule has 1 rings (SSSR count). The number of nitrogens with one attached hydrogen (secondary N) is 1. The van der Waals surface area contributed by atoms with Crippen LogP contribution in [0.3, 0.4) is 0 Å². The fourth-order valence-corrected chi connectivity index (χ4v) is 3.35. The molecular formula is C12H25NOS. The third-order valence-corrected chi connectivity index (χ3v) is 4.17. The molecule has 1 N–H and O–H groups in total. The van der Waals surface area contributed by atoms with Crippen molar-refractivity contribution in [2.24, 2.45) is 5.92 Å². The number of rotatable bonds is 8. The van der Waals surface area contributed by atoms with Gasteiger partial charge in [0, 0.05) is 18.9 Å². The van der Waals surface area contributed by atoms with Gasteiger partial charge in [0.1, 0.15) is 0 Å².